The SMILES string of the molecule is O=C(Nc1cccc(Cl)c1Cl)c1c(F)cccc1Cl. The molecule has 2 aromatic carbocycles. The van der Waals surface area contributed by atoms with Gasteiger partial charge >= 0.3 is 0 Å². The van der Waals surface area contributed by atoms with Crippen molar-refractivity contribution in [1.29, 1.82) is 0 Å². The molecule has 0 aromatic heterocycles. The van der Waals surface area contributed by atoms with Crippen LogP contribution < -0.4 is 5.32 Å². The molecular formula is C13H7Cl3FNO. The van der Waals surface area contributed by atoms with Gasteiger partial charge in [-0.15, -0.1) is 0 Å². The third kappa shape index (κ3) is 3.00. The van der Waals surface area contributed by atoms with E-state index in [0.29, 0.717) is 10.7 Å². The van der Waals surface area contributed by atoms with Crippen LogP contribution in [0.5, 0.6) is 0 Å². The van der Waals surface area contributed by atoms with Crippen molar-refractivity contribution >= 4 is 46.4 Å². The molecule has 0 heterocycles. The van der Waals surface area contributed by atoms with Crippen LogP contribution in [0, 0.1) is 5.82 Å². The van der Waals surface area contributed by atoms with Crippen molar-refractivity contribution in [2.24, 2.45) is 0 Å². The first-order chi connectivity index (χ1) is 9.00. The molecule has 0 fully saturated rings. The van der Waals surface area contributed by atoms with Crippen LogP contribution in [-0.2, 0) is 0 Å². The molecule has 19 heavy (non-hydrogen) atoms. The molecule has 1 amide bonds. The van der Waals surface area contributed by atoms with Crippen LogP contribution in [0.1, 0.15) is 10.4 Å². The van der Waals surface area contributed by atoms with E-state index in [1.165, 1.54) is 12.1 Å². The van der Waals surface area contributed by atoms with Crippen molar-refractivity contribution < 1.29 is 9.18 Å². The van der Waals surface area contributed by atoms with E-state index in [2.05, 4.69) is 5.32 Å². The number of hydrogen-bond donors (Lipinski definition) is 1. The van der Waals surface area contributed by atoms with E-state index in [1.807, 2.05) is 0 Å². The van der Waals surface area contributed by atoms with E-state index in [9.17, 15) is 9.18 Å². The Labute approximate surface area is 124 Å². The predicted molar refractivity (Wildman–Crippen MR) is 75.8 cm³/mol. The molecule has 0 atom stereocenters. The average Bonchev–Trinajstić information content (AvgIpc) is 2.35. The summed E-state index contributed by atoms with van der Waals surface area (Å²) in [5, 5.41) is 2.97. The van der Waals surface area contributed by atoms with Crippen LogP contribution in [-0.4, -0.2) is 5.91 Å². The Hall–Kier alpha value is -1.29. The first kappa shape index (κ1) is 14.1. The molecule has 0 aliphatic heterocycles. The van der Waals surface area contributed by atoms with E-state index >= 15 is 0 Å². The van der Waals surface area contributed by atoms with Crippen LogP contribution in [0.4, 0.5) is 10.1 Å². The number of benzene rings is 2. The van der Waals surface area contributed by atoms with Gasteiger partial charge in [-0.3, -0.25) is 4.79 Å². The summed E-state index contributed by atoms with van der Waals surface area (Å²) in [5.74, 6) is -1.39. The van der Waals surface area contributed by atoms with Gasteiger partial charge < -0.3 is 5.32 Å². The van der Waals surface area contributed by atoms with Crippen molar-refractivity contribution in [3.63, 3.8) is 0 Å². The molecule has 0 aliphatic rings. The molecule has 2 nitrogen and oxygen atoms in total. The lowest BCUT2D eigenvalue weighted by Crippen LogP contribution is -2.14. The minimum Gasteiger partial charge on any atom is -0.320 e. The Bertz CT molecular complexity index is 626. The fourth-order valence-corrected chi connectivity index (χ4v) is 2.10. The van der Waals surface area contributed by atoms with Gasteiger partial charge in [-0.05, 0) is 24.3 Å². The second-order valence-electron chi connectivity index (χ2n) is 3.65. The van der Waals surface area contributed by atoms with Gasteiger partial charge in [0.1, 0.15) is 5.82 Å². The van der Waals surface area contributed by atoms with Crippen molar-refractivity contribution in [2.45, 2.75) is 0 Å². The highest BCUT2D eigenvalue weighted by molar-refractivity contribution is 6.44. The number of nitrogens with one attached hydrogen (secondary N) is 1. The fourth-order valence-electron chi connectivity index (χ4n) is 1.50. The molecule has 0 saturated carbocycles. The highest BCUT2D eigenvalue weighted by atomic mass is 35.5. The van der Waals surface area contributed by atoms with Gasteiger partial charge in [0.05, 0.1) is 26.3 Å². The van der Waals surface area contributed by atoms with Crippen molar-refractivity contribution in [3.8, 4) is 0 Å². The van der Waals surface area contributed by atoms with Gasteiger partial charge in [0.25, 0.3) is 5.91 Å². The largest absolute Gasteiger partial charge is 0.320 e. The zero-order chi connectivity index (χ0) is 14.0. The molecule has 0 aliphatic carbocycles. The highest BCUT2D eigenvalue weighted by Crippen LogP contribution is 2.30. The highest BCUT2D eigenvalue weighted by Gasteiger charge is 2.17. The summed E-state index contributed by atoms with van der Waals surface area (Å²) in [4.78, 5) is 12.0. The van der Waals surface area contributed by atoms with Gasteiger partial charge in [-0.1, -0.05) is 46.9 Å². The van der Waals surface area contributed by atoms with E-state index < -0.39 is 11.7 Å². The maximum Gasteiger partial charge on any atom is 0.260 e. The molecule has 2 rings (SSSR count). The number of halogens is 4. The third-order valence-electron chi connectivity index (χ3n) is 2.39. The first-order valence-corrected chi connectivity index (χ1v) is 6.33. The molecule has 0 bridgehead atoms. The summed E-state index contributed by atoms with van der Waals surface area (Å²) in [6.07, 6.45) is 0. The maximum atomic E-state index is 13.6. The quantitative estimate of drug-likeness (QED) is 0.826. The zero-order valence-corrected chi connectivity index (χ0v) is 11.7. The van der Waals surface area contributed by atoms with Crippen LogP contribution in [0.25, 0.3) is 0 Å². The summed E-state index contributed by atoms with van der Waals surface area (Å²) in [7, 11) is 0. The number of carbonyl (C=O) groups excluding carboxylic acids is 1. The Kier molecular flexibility index (Phi) is 4.30. The minimum atomic E-state index is -0.705. The Morgan fingerprint density at radius 2 is 1.63 bits per heavy atom. The van der Waals surface area contributed by atoms with E-state index in [4.69, 9.17) is 34.8 Å². The van der Waals surface area contributed by atoms with Gasteiger partial charge in [-0.25, -0.2) is 4.39 Å². The van der Waals surface area contributed by atoms with E-state index in [0.717, 1.165) is 6.07 Å². The van der Waals surface area contributed by atoms with Crippen LogP contribution in [0.3, 0.4) is 0 Å². The summed E-state index contributed by atoms with van der Waals surface area (Å²) in [6.45, 7) is 0. The van der Waals surface area contributed by atoms with Crippen LogP contribution in [0.15, 0.2) is 36.4 Å². The molecule has 0 radical (unpaired) electrons. The number of amides is 1. The van der Waals surface area contributed by atoms with Crippen molar-refractivity contribution in [1.82, 2.24) is 0 Å². The second-order valence-corrected chi connectivity index (χ2v) is 4.84. The summed E-state index contributed by atoms with van der Waals surface area (Å²) in [5.41, 5.74) is 0.0543. The number of rotatable bonds is 2. The smallest absolute Gasteiger partial charge is 0.260 e. The third-order valence-corrected chi connectivity index (χ3v) is 3.52. The number of hydrogen-bond acceptors (Lipinski definition) is 1. The normalized spacial score (nSPS) is 10.3. The molecule has 0 unspecified atom stereocenters. The second kappa shape index (κ2) is 5.78. The van der Waals surface area contributed by atoms with Gasteiger partial charge in [0.15, 0.2) is 0 Å². The number of carbonyl (C=O) groups is 1. The maximum absolute atomic E-state index is 13.6. The van der Waals surface area contributed by atoms with Gasteiger partial charge in [0, 0.05) is 0 Å². The Morgan fingerprint density at radius 3 is 2.32 bits per heavy atom. The topological polar surface area (TPSA) is 29.1 Å². The van der Waals surface area contributed by atoms with Crippen molar-refractivity contribution in [3.05, 3.63) is 62.8 Å². The molecular weight excluding hydrogens is 312 g/mol. The van der Waals surface area contributed by atoms with E-state index in [1.54, 1.807) is 18.2 Å². The molecule has 98 valence electrons. The molecule has 0 spiro atoms. The molecule has 0 saturated heterocycles. The van der Waals surface area contributed by atoms with Crippen molar-refractivity contribution in [2.75, 3.05) is 5.32 Å². The molecule has 1 N–H and O–H groups in total. The van der Waals surface area contributed by atoms with Gasteiger partial charge in [0.2, 0.25) is 0 Å². The Morgan fingerprint density at radius 1 is 1.00 bits per heavy atom. The fraction of sp³-hybridized carbons (Fsp3) is 0. The Balaban J connectivity index is 2.34. The monoisotopic (exact) mass is 317 g/mol. The summed E-state index contributed by atoms with van der Waals surface area (Å²) < 4.78 is 13.6. The number of anilines is 1. The minimum absolute atomic E-state index is 0.0238. The molecule has 6 heteroatoms. The first-order valence-electron chi connectivity index (χ1n) is 5.20. The predicted octanol–water partition coefficient (Wildman–Crippen LogP) is 5.04. The standard InChI is InChI=1S/C13H7Cl3FNO/c14-7-3-1-5-9(17)11(7)13(19)18-10-6-2-4-8(15)12(10)16/h1-6H,(H,18,19). The van der Waals surface area contributed by atoms with Crippen LogP contribution in [0.2, 0.25) is 15.1 Å². The molecule has 2 aromatic rings. The lowest BCUT2D eigenvalue weighted by Gasteiger charge is -2.09. The van der Waals surface area contributed by atoms with Gasteiger partial charge in [-0.2, -0.15) is 0 Å². The lowest BCUT2D eigenvalue weighted by atomic mass is 10.2. The summed E-state index contributed by atoms with van der Waals surface area (Å²) >= 11 is 17.6. The zero-order valence-electron chi connectivity index (χ0n) is 9.38. The average molecular weight is 319 g/mol. The summed E-state index contributed by atoms with van der Waals surface area (Å²) in [6, 6.07) is 8.75. The lowest BCUT2D eigenvalue weighted by molar-refractivity contribution is 0.102. The van der Waals surface area contributed by atoms with E-state index in [-0.39, 0.29) is 15.6 Å². The van der Waals surface area contributed by atoms with Crippen LogP contribution >= 0.6 is 34.8 Å².